The van der Waals surface area contributed by atoms with E-state index < -0.39 is 5.97 Å². The monoisotopic (exact) mass is 308 g/mol. The number of rotatable bonds is 5. The maximum atomic E-state index is 10.4. The summed E-state index contributed by atoms with van der Waals surface area (Å²) in [6.07, 6.45) is 3.31. The zero-order valence-corrected chi connectivity index (χ0v) is 11.5. The van der Waals surface area contributed by atoms with E-state index in [1.165, 1.54) is 6.08 Å². The summed E-state index contributed by atoms with van der Waals surface area (Å²) >= 11 is 3.38. The Hall–Kier alpha value is -1.73. The van der Waals surface area contributed by atoms with Gasteiger partial charge in [0, 0.05) is 12.5 Å². The Balaban J connectivity index is 2.66. The molecular formula is C14H13BrO3. The Kier molecular flexibility index (Phi) is 6.03. The van der Waals surface area contributed by atoms with Gasteiger partial charge in [-0.3, -0.25) is 0 Å². The molecule has 3 nitrogen and oxygen atoms in total. The standard InChI is InChI=1S/C14H13BrO3/c1-2-3-4-9-18-13-7-5-11(10-12(13)15)6-8-14(16)17/h5-8,10H,4,9H2,1H3,(H,16,17)/b8-6+. The minimum absolute atomic E-state index is 0.531. The molecule has 0 atom stereocenters. The number of carbonyl (C=O) groups is 1. The third kappa shape index (κ3) is 5.07. The zero-order chi connectivity index (χ0) is 13.4. The van der Waals surface area contributed by atoms with Gasteiger partial charge in [-0.25, -0.2) is 4.79 Å². The van der Waals surface area contributed by atoms with Crippen molar-refractivity contribution < 1.29 is 14.6 Å². The van der Waals surface area contributed by atoms with Crippen molar-refractivity contribution in [1.82, 2.24) is 0 Å². The van der Waals surface area contributed by atoms with Crippen molar-refractivity contribution in [3.8, 4) is 17.6 Å². The molecule has 1 rings (SSSR count). The van der Waals surface area contributed by atoms with Gasteiger partial charge in [-0.05, 0) is 46.6 Å². The predicted molar refractivity (Wildman–Crippen MR) is 74.4 cm³/mol. The summed E-state index contributed by atoms with van der Waals surface area (Å²) in [6.45, 7) is 2.32. The molecule has 1 aromatic carbocycles. The van der Waals surface area contributed by atoms with E-state index in [-0.39, 0.29) is 0 Å². The molecule has 0 aromatic heterocycles. The Morgan fingerprint density at radius 2 is 2.33 bits per heavy atom. The van der Waals surface area contributed by atoms with Crippen LogP contribution in [0.5, 0.6) is 5.75 Å². The summed E-state index contributed by atoms with van der Waals surface area (Å²) in [7, 11) is 0. The fourth-order valence-corrected chi connectivity index (χ4v) is 1.75. The Morgan fingerprint density at radius 3 is 2.94 bits per heavy atom. The second-order valence-electron chi connectivity index (χ2n) is 3.39. The molecule has 0 unspecified atom stereocenters. The zero-order valence-electron chi connectivity index (χ0n) is 9.94. The molecular weight excluding hydrogens is 296 g/mol. The molecule has 0 saturated heterocycles. The normalized spacial score (nSPS) is 9.89. The van der Waals surface area contributed by atoms with E-state index in [0.717, 1.165) is 21.9 Å². The van der Waals surface area contributed by atoms with Gasteiger partial charge >= 0.3 is 5.97 Å². The first kappa shape index (κ1) is 14.3. The van der Waals surface area contributed by atoms with Crippen LogP contribution in [0.25, 0.3) is 6.08 Å². The minimum Gasteiger partial charge on any atom is -0.491 e. The van der Waals surface area contributed by atoms with Crippen molar-refractivity contribution in [2.24, 2.45) is 0 Å². The number of hydrogen-bond acceptors (Lipinski definition) is 2. The topological polar surface area (TPSA) is 46.5 Å². The smallest absolute Gasteiger partial charge is 0.328 e. The minimum atomic E-state index is -0.968. The molecule has 0 spiro atoms. The van der Waals surface area contributed by atoms with Gasteiger partial charge in [-0.15, -0.1) is 11.8 Å². The summed E-state index contributed by atoms with van der Waals surface area (Å²) in [4.78, 5) is 10.4. The Bertz CT molecular complexity index is 510. The van der Waals surface area contributed by atoms with Crippen LogP contribution in [0.3, 0.4) is 0 Å². The van der Waals surface area contributed by atoms with Crippen molar-refractivity contribution in [3.63, 3.8) is 0 Å². The van der Waals surface area contributed by atoms with Crippen molar-refractivity contribution >= 4 is 28.0 Å². The lowest BCUT2D eigenvalue weighted by Crippen LogP contribution is -1.96. The number of hydrogen-bond donors (Lipinski definition) is 1. The van der Waals surface area contributed by atoms with Gasteiger partial charge in [0.15, 0.2) is 0 Å². The van der Waals surface area contributed by atoms with Gasteiger partial charge in [-0.1, -0.05) is 6.07 Å². The van der Waals surface area contributed by atoms with Gasteiger partial charge in [0.25, 0.3) is 0 Å². The van der Waals surface area contributed by atoms with Crippen molar-refractivity contribution in [2.75, 3.05) is 6.61 Å². The average molecular weight is 309 g/mol. The first-order valence-electron chi connectivity index (χ1n) is 5.36. The predicted octanol–water partition coefficient (Wildman–Crippen LogP) is 3.34. The van der Waals surface area contributed by atoms with E-state index >= 15 is 0 Å². The molecule has 1 N–H and O–H groups in total. The lowest BCUT2D eigenvalue weighted by Gasteiger charge is -2.07. The quantitative estimate of drug-likeness (QED) is 0.515. The highest BCUT2D eigenvalue weighted by Gasteiger charge is 2.01. The van der Waals surface area contributed by atoms with Gasteiger partial charge in [0.2, 0.25) is 0 Å². The van der Waals surface area contributed by atoms with Gasteiger partial charge < -0.3 is 9.84 Å². The van der Waals surface area contributed by atoms with Crippen LogP contribution < -0.4 is 4.74 Å². The SMILES string of the molecule is CC#CCCOc1ccc(/C=C/C(=O)O)cc1Br. The van der Waals surface area contributed by atoms with Gasteiger partial charge in [-0.2, -0.15) is 0 Å². The highest BCUT2D eigenvalue weighted by Crippen LogP contribution is 2.26. The van der Waals surface area contributed by atoms with E-state index in [1.807, 2.05) is 0 Å². The van der Waals surface area contributed by atoms with Crippen molar-refractivity contribution in [2.45, 2.75) is 13.3 Å². The van der Waals surface area contributed by atoms with Gasteiger partial charge in [0.1, 0.15) is 5.75 Å². The third-order valence-electron chi connectivity index (χ3n) is 2.04. The molecule has 0 saturated carbocycles. The second kappa shape index (κ2) is 7.57. The van der Waals surface area contributed by atoms with Crippen LogP contribution in [0.4, 0.5) is 0 Å². The molecule has 94 valence electrons. The number of ether oxygens (including phenoxy) is 1. The molecule has 0 heterocycles. The molecule has 4 heteroatoms. The fourth-order valence-electron chi connectivity index (χ4n) is 1.24. The van der Waals surface area contributed by atoms with E-state index in [4.69, 9.17) is 9.84 Å². The highest BCUT2D eigenvalue weighted by molar-refractivity contribution is 9.10. The fraction of sp³-hybridized carbons (Fsp3) is 0.214. The molecule has 1 aromatic rings. The third-order valence-corrected chi connectivity index (χ3v) is 2.66. The lowest BCUT2D eigenvalue weighted by molar-refractivity contribution is -0.131. The molecule has 0 aliphatic heterocycles. The Morgan fingerprint density at radius 1 is 1.56 bits per heavy atom. The molecule has 0 fully saturated rings. The molecule has 18 heavy (non-hydrogen) atoms. The molecule has 0 aliphatic carbocycles. The first-order valence-corrected chi connectivity index (χ1v) is 6.15. The van der Waals surface area contributed by atoms with Gasteiger partial charge in [0.05, 0.1) is 11.1 Å². The summed E-state index contributed by atoms with van der Waals surface area (Å²) in [5.74, 6) is 5.47. The van der Waals surface area contributed by atoms with Crippen molar-refractivity contribution in [1.29, 1.82) is 0 Å². The number of carboxylic acids is 1. The number of benzene rings is 1. The van der Waals surface area contributed by atoms with Crippen LogP contribution in [-0.2, 0) is 4.79 Å². The van der Waals surface area contributed by atoms with E-state index in [0.29, 0.717) is 13.0 Å². The van der Waals surface area contributed by atoms with E-state index in [1.54, 1.807) is 25.1 Å². The summed E-state index contributed by atoms with van der Waals surface area (Å²) in [6, 6.07) is 5.40. The van der Waals surface area contributed by atoms with E-state index in [9.17, 15) is 4.79 Å². The van der Waals surface area contributed by atoms with Crippen LogP contribution in [0.1, 0.15) is 18.9 Å². The lowest BCUT2D eigenvalue weighted by atomic mass is 10.2. The molecule has 0 radical (unpaired) electrons. The number of halogens is 1. The van der Waals surface area contributed by atoms with Crippen LogP contribution >= 0.6 is 15.9 Å². The summed E-state index contributed by atoms with van der Waals surface area (Å²) < 4.78 is 6.32. The Labute approximate surface area is 115 Å². The molecule has 0 aliphatic rings. The summed E-state index contributed by atoms with van der Waals surface area (Å²) in [5.41, 5.74) is 0.796. The van der Waals surface area contributed by atoms with Crippen LogP contribution in [0, 0.1) is 11.8 Å². The van der Waals surface area contributed by atoms with Crippen LogP contribution in [0.15, 0.2) is 28.7 Å². The molecule has 0 bridgehead atoms. The number of aliphatic carboxylic acids is 1. The second-order valence-corrected chi connectivity index (χ2v) is 4.24. The average Bonchev–Trinajstić information content (AvgIpc) is 2.34. The van der Waals surface area contributed by atoms with Crippen molar-refractivity contribution in [3.05, 3.63) is 34.3 Å². The van der Waals surface area contributed by atoms with E-state index in [2.05, 4.69) is 27.8 Å². The van der Waals surface area contributed by atoms with Crippen LogP contribution in [0.2, 0.25) is 0 Å². The summed E-state index contributed by atoms with van der Waals surface area (Å²) in [5, 5.41) is 8.53. The largest absolute Gasteiger partial charge is 0.491 e. The van der Waals surface area contributed by atoms with Crippen LogP contribution in [-0.4, -0.2) is 17.7 Å². The maximum Gasteiger partial charge on any atom is 0.328 e. The maximum absolute atomic E-state index is 10.4. The first-order chi connectivity index (χ1) is 8.63. The highest BCUT2D eigenvalue weighted by atomic mass is 79.9. The number of carboxylic acid groups (broad SMARTS) is 1. The molecule has 0 amide bonds.